The van der Waals surface area contributed by atoms with Gasteiger partial charge >= 0.3 is 6.09 Å². The van der Waals surface area contributed by atoms with Crippen molar-refractivity contribution in [1.29, 1.82) is 0 Å². The second-order valence-corrected chi connectivity index (χ2v) is 15.3. The van der Waals surface area contributed by atoms with Crippen LogP contribution < -0.4 is 15.1 Å². The third-order valence-corrected chi connectivity index (χ3v) is 10.8. The summed E-state index contributed by atoms with van der Waals surface area (Å²) in [5, 5.41) is 2.70. The van der Waals surface area contributed by atoms with Crippen LogP contribution in [0.15, 0.2) is 59.6 Å². The molecule has 11 heteroatoms. The van der Waals surface area contributed by atoms with E-state index in [0.717, 1.165) is 43.7 Å². The zero-order chi connectivity index (χ0) is 29.2. The monoisotopic (exact) mass is 598 g/mol. The van der Waals surface area contributed by atoms with Crippen LogP contribution in [0.5, 0.6) is 0 Å². The predicted molar refractivity (Wildman–Crippen MR) is 165 cm³/mol. The molecule has 220 valence electrons. The van der Waals surface area contributed by atoms with Gasteiger partial charge in [0.1, 0.15) is 12.1 Å². The zero-order valence-electron chi connectivity index (χ0n) is 23.8. The van der Waals surface area contributed by atoms with Gasteiger partial charge in [-0.15, -0.1) is 0 Å². The Morgan fingerprint density at radius 1 is 1.00 bits per heavy atom. The van der Waals surface area contributed by atoms with Gasteiger partial charge in [-0.25, -0.2) is 13.2 Å². The molecule has 2 atom stereocenters. The lowest BCUT2D eigenvalue weighted by Crippen LogP contribution is -2.39. The molecule has 3 saturated heterocycles. The van der Waals surface area contributed by atoms with Crippen molar-refractivity contribution in [3.8, 4) is 0 Å². The topological polar surface area (TPSA) is 108 Å². The Morgan fingerprint density at radius 2 is 1.66 bits per heavy atom. The van der Waals surface area contributed by atoms with Crippen LogP contribution in [-0.4, -0.2) is 73.6 Å². The molecule has 0 bridgehead atoms. The number of piperidine rings is 1. The Morgan fingerprint density at radius 3 is 2.32 bits per heavy atom. The van der Waals surface area contributed by atoms with Crippen LogP contribution in [0.4, 0.5) is 16.2 Å². The van der Waals surface area contributed by atoms with Gasteiger partial charge in [-0.05, 0) is 75.8 Å². The van der Waals surface area contributed by atoms with Crippen LogP contribution in [0.1, 0.15) is 39.2 Å². The third kappa shape index (κ3) is 7.62. The predicted octanol–water partition coefficient (Wildman–Crippen LogP) is 4.27. The number of thioether (sulfide) groups is 1. The first-order valence-electron chi connectivity index (χ1n) is 14.1. The maximum atomic E-state index is 12.7. The van der Waals surface area contributed by atoms with Gasteiger partial charge in [0.25, 0.3) is 5.91 Å². The number of rotatable bonds is 6. The summed E-state index contributed by atoms with van der Waals surface area (Å²) in [6.07, 6.45) is 2.69. The van der Waals surface area contributed by atoms with Gasteiger partial charge in [-0.2, -0.15) is 4.99 Å². The molecule has 0 aromatic heterocycles. The van der Waals surface area contributed by atoms with Crippen LogP contribution in [0, 0.1) is 5.92 Å². The molecule has 2 aromatic carbocycles. The standard InChI is InChI=1S/C30H38N4O5S2/c1-30(2,3)39-29(36)31-18-27(35)32-28-34(25-19-41(37,38)20-26(25)40-28)24-11-9-23(10-12-24)33-15-13-22(14-16-33)17-21-7-5-4-6-8-21/h4-12,22,25-26H,13-20H2,1-3H3,(H,31,36)/t25-,26+/m1/s1. The van der Waals surface area contributed by atoms with Gasteiger partial charge in [-0.3, -0.25) is 4.79 Å². The summed E-state index contributed by atoms with van der Waals surface area (Å²) in [5.74, 6) is 0.223. The quantitative estimate of drug-likeness (QED) is 0.525. The van der Waals surface area contributed by atoms with E-state index in [9.17, 15) is 18.0 Å². The summed E-state index contributed by atoms with van der Waals surface area (Å²) in [6.45, 7) is 6.91. The molecule has 0 unspecified atom stereocenters. The van der Waals surface area contributed by atoms with Gasteiger partial charge in [0, 0.05) is 29.7 Å². The lowest BCUT2D eigenvalue weighted by molar-refractivity contribution is -0.117. The molecule has 3 heterocycles. The normalized spacial score (nSPS) is 23.4. The number of benzene rings is 2. The zero-order valence-corrected chi connectivity index (χ0v) is 25.4. The average molecular weight is 599 g/mol. The number of nitrogens with zero attached hydrogens (tertiary/aromatic N) is 3. The molecule has 3 fully saturated rings. The first kappa shape index (κ1) is 29.4. The number of alkyl carbamates (subject to hydrolysis) is 1. The van der Waals surface area contributed by atoms with Crippen molar-refractivity contribution in [3.63, 3.8) is 0 Å². The van der Waals surface area contributed by atoms with Crippen molar-refractivity contribution < 1.29 is 22.7 Å². The molecule has 3 aliphatic rings. The van der Waals surface area contributed by atoms with E-state index in [0.29, 0.717) is 11.1 Å². The molecule has 9 nitrogen and oxygen atoms in total. The number of anilines is 2. The average Bonchev–Trinajstić information content (AvgIpc) is 3.38. The van der Waals surface area contributed by atoms with Crippen molar-refractivity contribution in [2.24, 2.45) is 10.9 Å². The highest BCUT2D eigenvalue weighted by Gasteiger charge is 2.49. The maximum absolute atomic E-state index is 12.7. The first-order valence-corrected chi connectivity index (χ1v) is 16.8. The van der Waals surface area contributed by atoms with E-state index in [2.05, 4.69) is 57.7 Å². The van der Waals surface area contributed by atoms with E-state index in [1.807, 2.05) is 17.0 Å². The molecular formula is C30H38N4O5S2. The summed E-state index contributed by atoms with van der Waals surface area (Å²) in [5.41, 5.74) is 2.65. The lowest BCUT2D eigenvalue weighted by Gasteiger charge is -2.34. The van der Waals surface area contributed by atoms with E-state index in [1.165, 1.54) is 17.3 Å². The highest BCUT2D eigenvalue weighted by Crippen LogP contribution is 2.41. The van der Waals surface area contributed by atoms with E-state index < -0.39 is 27.4 Å². The number of carbonyl (C=O) groups is 2. The number of hydrogen-bond donors (Lipinski definition) is 1. The van der Waals surface area contributed by atoms with Gasteiger partial charge < -0.3 is 19.9 Å². The SMILES string of the molecule is CC(C)(C)OC(=O)NCC(=O)N=C1S[C@H]2CS(=O)(=O)C[C@H]2N1c1ccc(N2CCC(Cc3ccccc3)CC2)cc1. The number of amidine groups is 1. The number of fused-ring (bicyclic) bond motifs is 1. The summed E-state index contributed by atoms with van der Waals surface area (Å²) in [4.78, 5) is 33.2. The summed E-state index contributed by atoms with van der Waals surface area (Å²) < 4.78 is 30.0. The minimum Gasteiger partial charge on any atom is -0.444 e. The molecule has 2 aromatic rings. The van der Waals surface area contributed by atoms with E-state index >= 15 is 0 Å². The van der Waals surface area contributed by atoms with Crippen molar-refractivity contribution in [1.82, 2.24) is 5.32 Å². The van der Waals surface area contributed by atoms with Gasteiger partial charge in [-0.1, -0.05) is 42.1 Å². The number of nitrogens with one attached hydrogen (secondary N) is 1. The Labute approximate surface area is 246 Å². The van der Waals surface area contributed by atoms with E-state index in [-0.39, 0.29) is 29.3 Å². The Balaban J connectivity index is 1.25. The maximum Gasteiger partial charge on any atom is 0.408 e. The molecule has 0 spiro atoms. The van der Waals surface area contributed by atoms with Gasteiger partial charge in [0.05, 0.1) is 17.5 Å². The molecule has 3 aliphatic heterocycles. The van der Waals surface area contributed by atoms with Crippen LogP contribution >= 0.6 is 11.8 Å². The van der Waals surface area contributed by atoms with Gasteiger partial charge in [0.15, 0.2) is 15.0 Å². The Bertz CT molecular complexity index is 1380. The fraction of sp³-hybridized carbons (Fsp3) is 0.500. The second kappa shape index (κ2) is 12.1. The number of hydrogen-bond acceptors (Lipinski definition) is 7. The molecular weight excluding hydrogens is 560 g/mol. The molecule has 0 aliphatic carbocycles. The number of amides is 2. The number of sulfone groups is 1. The highest BCUT2D eigenvalue weighted by molar-refractivity contribution is 8.16. The molecule has 5 rings (SSSR count). The molecule has 2 amide bonds. The summed E-state index contributed by atoms with van der Waals surface area (Å²) in [7, 11) is -3.17. The van der Waals surface area contributed by atoms with Crippen LogP contribution in [0.25, 0.3) is 0 Å². The van der Waals surface area contributed by atoms with Crippen molar-refractivity contribution in [2.75, 3.05) is 40.9 Å². The van der Waals surface area contributed by atoms with Crippen molar-refractivity contribution >= 4 is 50.1 Å². The molecule has 1 N–H and O–H groups in total. The Kier molecular flexibility index (Phi) is 8.65. The fourth-order valence-electron chi connectivity index (χ4n) is 5.64. The van der Waals surface area contributed by atoms with E-state index in [1.54, 1.807) is 20.8 Å². The van der Waals surface area contributed by atoms with Crippen LogP contribution in [0.2, 0.25) is 0 Å². The van der Waals surface area contributed by atoms with E-state index in [4.69, 9.17) is 4.74 Å². The smallest absolute Gasteiger partial charge is 0.408 e. The number of carbonyl (C=O) groups excluding carboxylic acids is 2. The third-order valence-electron chi connectivity index (χ3n) is 7.54. The first-order chi connectivity index (χ1) is 19.5. The van der Waals surface area contributed by atoms with Crippen LogP contribution in [-0.2, 0) is 25.8 Å². The largest absolute Gasteiger partial charge is 0.444 e. The van der Waals surface area contributed by atoms with Crippen molar-refractivity contribution in [2.45, 2.75) is 56.9 Å². The number of aliphatic imine (C=N–C) groups is 1. The fourth-order valence-corrected chi connectivity index (χ4v) is 9.57. The molecule has 0 saturated carbocycles. The molecule has 41 heavy (non-hydrogen) atoms. The summed E-state index contributed by atoms with van der Waals surface area (Å²) in [6, 6.07) is 18.5. The second-order valence-electron chi connectivity index (χ2n) is 12.0. The minimum atomic E-state index is -3.17. The van der Waals surface area contributed by atoms with Crippen molar-refractivity contribution in [3.05, 3.63) is 60.2 Å². The Hall–Kier alpha value is -3.05. The number of ether oxygens (including phenoxy) is 1. The molecule has 0 radical (unpaired) electrons. The minimum absolute atomic E-state index is 0.0186. The highest BCUT2D eigenvalue weighted by atomic mass is 32.2. The lowest BCUT2D eigenvalue weighted by atomic mass is 9.90. The van der Waals surface area contributed by atoms with Crippen LogP contribution in [0.3, 0.4) is 0 Å². The van der Waals surface area contributed by atoms with Gasteiger partial charge in [0.2, 0.25) is 0 Å². The summed E-state index contributed by atoms with van der Waals surface area (Å²) >= 11 is 1.31.